The van der Waals surface area contributed by atoms with Gasteiger partial charge in [-0.25, -0.2) is 0 Å². The molecule has 61 heavy (non-hydrogen) atoms. The molecule has 2 saturated heterocycles. The zero-order valence-corrected chi connectivity index (χ0v) is 39.6. The number of hydrogen-bond donors (Lipinski definition) is 5. The molecule has 15 heteroatoms. The molecule has 2 aliphatic heterocycles. The molecular formula is C46H51ClN8P2S4. The van der Waals surface area contributed by atoms with E-state index in [9.17, 15) is 0 Å². The standard InChI is InChI=1S/C23H25N4PS2.C14H14ClN2P.C9H12N2S2/c29-23(25-20-10-4-1-5-11-20)24-16-19-30-28-26(21-12-6-2-7-13-21)17-18-27(28)22-14-8-3-9-15-22;15-18-16(13-7-3-1-4-8-13)11-12-17(18)14-9-5-2-6-10-14;12-7-6-10-9(13)11-8-4-2-1-3-5-8/h1-15H,16-19H2,(H2,24,25,29);1-10H,11-12H2;1-5,12H,6-7H2,(H2,10,11,13). The zero-order valence-electron chi connectivity index (χ0n) is 33.7. The molecule has 0 amide bonds. The molecule has 4 N–H and O–H groups in total. The topological polar surface area (TPSA) is 61.1 Å². The van der Waals surface area contributed by atoms with Crippen LogP contribution >= 0.6 is 74.7 Å². The van der Waals surface area contributed by atoms with Gasteiger partial charge in [-0.1, -0.05) is 121 Å². The summed E-state index contributed by atoms with van der Waals surface area (Å²) in [5.74, 6) is 1.76. The predicted octanol–water partition coefficient (Wildman–Crippen LogP) is 12.3. The van der Waals surface area contributed by atoms with Crippen LogP contribution in [-0.2, 0) is 0 Å². The van der Waals surface area contributed by atoms with Gasteiger partial charge in [0, 0.05) is 84.9 Å². The van der Waals surface area contributed by atoms with E-state index in [2.05, 4.69) is 162 Å². The molecule has 0 bridgehead atoms. The molecule has 6 aromatic carbocycles. The first-order valence-corrected chi connectivity index (χ1v) is 26.4. The summed E-state index contributed by atoms with van der Waals surface area (Å²) >= 11 is 23.2. The summed E-state index contributed by atoms with van der Waals surface area (Å²) in [5.41, 5.74) is 7.01. The van der Waals surface area contributed by atoms with E-state index in [-0.39, 0.29) is 0 Å². The first-order valence-electron chi connectivity index (χ1n) is 20.0. The van der Waals surface area contributed by atoms with Crippen LogP contribution in [0.1, 0.15) is 0 Å². The maximum atomic E-state index is 6.63. The second-order valence-electron chi connectivity index (χ2n) is 13.4. The van der Waals surface area contributed by atoms with Crippen molar-refractivity contribution in [1.82, 2.24) is 10.6 Å². The van der Waals surface area contributed by atoms with Crippen LogP contribution in [0, 0.1) is 0 Å². The summed E-state index contributed by atoms with van der Waals surface area (Å²) in [5, 5.41) is 14.0. The lowest BCUT2D eigenvalue weighted by molar-refractivity contribution is 0.993. The van der Waals surface area contributed by atoms with Gasteiger partial charge < -0.3 is 39.9 Å². The predicted molar refractivity (Wildman–Crippen MR) is 282 cm³/mol. The number of nitrogens with zero attached hydrogens (tertiary/aromatic N) is 4. The molecule has 0 aliphatic carbocycles. The summed E-state index contributed by atoms with van der Waals surface area (Å²) in [4.78, 5) is 0. The van der Waals surface area contributed by atoms with Crippen LogP contribution in [0.25, 0.3) is 0 Å². The minimum atomic E-state index is -0.806. The molecule has 0 saturated carbocycles. The van der Waals surface area contributed by atoms with Gasteiger partial charge in [-0.3, -0.25) is 0 Å². The Morgan fingerprint density at radius 1 is 0.492 bits per heavy atom. The Labute approximate surface area is 389 Å². The van der Waals surface area contributed by atoms with Crippen molar-refractivity contribution < 1.29 is 0 Å². The first-order chi connectivity index (χ1) is 30.0. The van der Waals surface area contributed by atoms with Crippen LogP contribution < -0.4 is 39.9 Å². The van der Waals surface area contributed by atoms with Crippen molar-refractivity contribution in [3.05, 3.63) is 182 Å². The number of thiol groups is 1. The van der Waals surface area contributed by atoms with Crippen molar-refractivity contribution in [2.24, 2.45) is 0 Å². The van der Waals surface area contributed by atoms with Gasteiger partial charge in [0.15, 0.2) is 25.2 Å². The normalized spacial score (nSPS) is 13.7. The third-order valence-corrected chi connectivity index (χ3v) is 17.3. The van der Waals surface area contributed by atoms with Gasteiger partial charge in [0.1, 0.15) is 0 Å². The van der Waals surface area contributed by atoms with Crippen molar-refractivity contribution in [1.29, 1.82) is 0 Å². The van der Waals surface area contributed by atoms with E-state index in [1.807, 2.05) is 84.2 Å². The molecule has 2 aliphatic rings. The van der Waals surface area contributed by atoms with Gasteiger partial charge in [0.2, 0.25) is 0 Å². The van der Waals surface area contributed by atoms with Crippen LogP contribution in [0.5, 0.6) is 0 Å². The third-order valence-electron chi connectivity index (χ3n) is 9.13. The number of halogens is 1. The largest absolute Gasteiger partial charge is 0.362 e. The van der Waals surface area contributed by atoms with Gasteiger partial charge >= 0.3 is 0 Å². The highest BCUT2D eigenvalue weighted by Gasteiger charge is 2.34. The molecule has 6 aromatic rings. The van der Waals surface area contributed by atoms with Crippen molar-refractivity contribution in [3.63, 3.8) is 0 Å². The van der Waals surface area contributed by atoms with Gasteiger partial charge in [-0.2, -0.15) is 12.6 Å². The highest BCUT2D eigenvalue weighted by Crippen LogP contribution is 2.61. The number of para-hydroxylation sites is 6. The molecule has 0 spiro atoms. The first kappa shape index (κ1) is 46.3. The summed E-state index contributed by atoms with van der Waals surface area (Å²) in [6, 6.07) is 62.1. The van der Waals surface area contributed by atoms with Crippen LogP contribution in [-0.4, -0.2) is 61.0 Å². The quantitative estimate of drug-likeness (QED) is 0.0353. The Hall–Kier alpha value is -4.25. The number of anilines is 6. The summed E-state index contributed by atoms with van der Waals surface area (Å²) in [7, 11) is -1.33. The van der Waals surface area contributed by atoms with E-state index in [0.717, 1.165) is 62.1 Å². The van der Waals surface area contributed by atoms with Crippen LogP contribution in [0.2, 0.25) is 0 Å². The zero-order chi connectivity index (χ0) is 42.5. The number of benzene rings is 6. The minimum absolute atomic E-state index is 0.524. The summed E-state index contributed by atoms with van der Waals surface area (Å²) in [6.07, 6.45) is 0. The van der Waals surface area contributed by atoms with E-state index < -0.39 is 15.0 Å². The average Bonchev–Trinajstić information content (AvgIpc) is 3.93. The van der Waals surface area contributed by atoms with Crippen molar-refractivity contribution >= 4 is 119 Å². The van der Waals surface area contributed by atoms with Gasteiger partial charge in [-0.15, -0.1) is 0 Å². The van der Waals surface area contributed by atoms with Gasteiger partial charge in [-0.05, 0) is 108 Å². The molecule has 8 rings (SSSR count). The van der Waals surface area contributed by atoms with Crippen molar-refractivity contribution in [3.8, 4) is 0 Å². The van der Waals surface area contributed by atoms with E-state index in [1.165, 1.54) is 22.7 Å². The second-order valence-corrected chi connectivity index (χ2v) is 20.9. The van der Waals surface area contributed by atoms with Gasteiger partial charge in [0.25, 0.3) is 0 Å². The van der Waals surface area contributed by atoms with Gasteiger partial charge in [0.05, 0.1) is 0 Å². The maximum absolute atomic E-state index is 6.63. The minimum Gasteiger partial charge on any atom is -0.362 e. The Morgan fingerprint density at radius 3 is 1.16 bits per heavy atom. The monoisotopic (exact) mass is 940 g/mol. The van der Waals surface area contributed by atoms with E-state index in [1.54, 1.807) is 0 Å². The number of thiocarbonyl (C=S) groups is 2. The van der Waals surface area contributed by atoms with E-state index >= 15 is 0 Å². The molecule has 2 heterocycles. The molecular weight excluding hydrogens is 890 g/mol. The van der Waals surface area contributed by atoms with Crippen LogP contribution in [0.15, 0.2) is 182 Å². The summed E-state index contributed by atoms with van der Waals surface area (Å²) in [6.45, 7) is 5.65. The van der Waals surface area contributed by atoms with E-state index in [0.29, 0.717) is 10.2 Å². The molecule has 0 radical (unpaired) electrons. The highest BCUT2D eigenvalue weighted by molar-refractivity contribution is 8.56. The van der Waals surface area contributed by atoms with Crippen molar-refractivity contribution in [2.75, 3.05) is 80.1 Å². The number of hydrogen-bond acceptors (Lipinski definition) is 8. The molecule has 0 aromatic heterocycles. The SMILES string of the molecule is ClP1N(c2ccccc2)CCN1c1ccccc1.S=C(NCCS)Nc1ccccc1.S=C(NCCSP1N(c2ccccc2)CCN1c1ccccc1)Nc1ccccc1. The highest BCUT2D eigenvalue weighted by atomic mass is 35.7. The maximum Gasteiger partial charge on any atom is 0.197 e. The smallest absolute Gasteiger partial charge is 0.197 e. The summed E-state index contributed by atoms with van der Waals surface area (Å²) < 4.78 is 9.66. The Kier molecular flexibility index (Phi) is 19.4. The Balaban J connectivity index is 0.000000170. The molecule has 0 atom stereocenters. The molecule has 8 nitrogen and oxygen atoms in total. The Morgan fingerprint density at radius 2 is 0.803 bits per heavy atom. The lowest BCUT2D eigenvalue weighted by Crippen LogP contribution is -2.30. The van der Waals surface area contributed by atoms with Crippen LogP contribution in [0.3, 0.4) is 0 Å². The fourth-order valence-corrected chi connectivity index (χ4v) is 14.0. The number of rotatable bonds is 12. The average molecular weight is 942 g/mol. The lowest BCUT2D eigenvalue weighted by atomic mass is 10.3. The lowest BCUT2D eigenvalue weighted by Gasteiger charge is -2.31. The van der Waals surface area contributed by atoms with Crippen LogP contribution in [0.4, 0.5) is 34.1 Å². The molecule has 316 valence electrons. The van der Waals surface area contributed by atoms with E-state index in [4.69, 9.17) is 35.7 Å². The molecule has 0 unspecified atom stereocenters. The second kappa shape index (κ2) is 25.6. The third kappa shape index (κ3) is 14.7. The molecule has 2 fully saturated rings. The number of nitrogens with one attached hydrogen (secondary N) is 4. The fraction of sp³-hybridized carbons (Fsp3) is 0.174. The fourth-order valence-electron chi connectivity index (χ4n) is 6.27. The Bertz CT molecular complexity index is 2060. The van der Waals surface area contributed by atoms with Crippen molar-refractivity contribution in [2.45, 2.75) is 0 Å².